The molecule has 2 unspecified atom stereocenters. The number of para-hydroxylation sites is 1. The molecule has 92 valence electrons. The van der Waals surface area contributed by atoms with Crippen LogP contribution in [0.15, 0.2) is 24.3 Å². The van der Waals surface area contributed by atoms with Crippen molar-refractivity contribution in [3.8, 4) is 0 Å². The molecule has 0 aromatic heterocycles. The maximum absolute atomic E-state index is 11.9. The molecule has 4 heteroatoms. The quantitative estimate of drug-likeness (QED) is 0.840. The Balaban J connectivity index is 2.09. The van der Waals surface area contributed by atoms with Crippen LogP contribution in [0.4, 0.5) is 5.69 Å². The molecule has 1 aromatic rings. The van der Waals surface area contributed by atoms with Crippen LogP contribution in [0.3, 0.4) is 0 Å². The van der Waals surface area contributed by atoms with Crippen molar-refractivity contribution in [3.63, 3.8) is 0 Å². The van der Waals surface area contributed by atoms with Crippen LogP contribution < -0.4 is 5.32 Å². The van der Waals surface area contributed by atoms with Crippen molar-refractivity contribution in [2.75, 3.05) is 11.9 Å². The van der Waals surface area contributed by atoms with Crippen molar-refractivity contribution in [3.05, 3.63) is 29.8 Å². The van der Waals surface area contributed by atoms with Crippen molar-refractivity contribution >= 4 is 11.6 Å². The van der Waals surface area contributed by atoms with Crippen LogP contribution in [-0.2, 0) is 9.53 Å². The van der Waals surface area contributed by atoms with Crippen LogP contribution in [0.2, 0.25) is 0 Å². The van der Waals surface area contributed by atoms with E-state index in [2.05, 4.69) is 5.32 Å². The highest BCUT2D eigenvalue weighted by Gasteiger charge is 2.24. The number of hydrogen-bond acceptors (Lipinski definition) is 3. The second kappa shape index (κ2) is 5.29. The summed E-state index contributed by atoms with van der Waals surface area (Å²) in [5.41, 5.74) is 1.38. The summed E-state index contributed by atoms with van der Waals surface area (Å²) in [5.74, 6) is -0.129. The number of aliphatic hydroxyl groups excluding tert-OH is 1. The van der Waals surface area contributed by atoms with Gasteiger partial charge in [0.2, 0.25) is 0 Å². The number of rotatable bonds is 3. The SMILES string of the molecule is CC(O)c1ccccc1NC(=O)C1CCCO1. The van der Waals surface area contributed by atoms with Gasteiger partial charge in [0.1, 0.15) is 6.10 Å². The molecule has 17 heavy (non-hydrogen) atoms. The van der Waals surface area contributed by atoms with E-state index in [4.69, 9.17) is 4.74 Å². The fourth-order valence-electron chi connectivity index (χ4n) is 1.97. The van der Waals surface area contributed by atoms with Gasteiger partial charge in [0.05, 0.1) is 6.10 Å². The Morgan fingerprint density at radius 3 is 2.94 bits per heavy atom. The fourth-order valence-corrected chi connectivity index (χ4v) is 1.97. The van der Waals surface area contributed by atoms with E-state index in [1.807, 2.05) is 12.1 Å². The summed E-state index contributed by atoms with van der Waals surface area (Å²) in [7, 11) is 0. The van der Waals surface area contributed by atoms with Crippen LogP contribution in [0.25, 0.3) is 0 Å². The Labute approximate surface area is 101 Å². The van der Waals surface area contributed by atoms with Crippen molar-refractivity contribution in [2.24, 2.45) is 0 Å². The van der Waals surface area contributed by atoms with Gasteiger partial charge in [-0.1, -0.05) is 18.2 Å². The third kappa shape index (κ3) is 2.84. The number of aliphatic hydroxyl groups is 1. The minimum Gasteiger partial charge on any atom is -0.389 e. The predicted octanol–water partition coefficient (Wildman–Crippen LogP) is 1.86. The Hall–Kier alpha value is -1.39. The van der Waals surface area contributed by atoms with Crippen LogP contribution in [0, 0.1) is 0 Å². The molecule has 2 rings (SSSR count). The topological polar surface area (TPSA) is 58.6 Å². The lowest BCUT2D eigenvalue weighted by atomic mass is 10.1. The molecule has 2 N–H and O–H groups in total. The van der Waals surface area contributed by atoms with Gasteiger partial charge in [0.15, 0.2) is 0 Å². The van der Waals surface area contributed by atoms with E-state index in [9.17, 15) is 9.90 Å². The van der Waals surface area contributed by atoms with Crippen molar-refractivity contribution < 1.29 is 14.6 Å². The monoisotopic (exact) mass is 235 g/mol. The van der Waals surface area contributed by atoms with E-state index in [-0.39, 0.29) is 12.0 Å². The number of nitrogens with one attached hydrogen (secondary N) is 1. The first-order chi connectivity index (χ1) is 8.18. The van der Waals surface area contributed by atoms with Gasteiger partial charge in [-0.05, 0) is 25.8 Å². The molecule has 1 heterocycles. The lowest BCUT2D eigenvalue weighted by Crippen LogP contribution is -2.27. The van der Waals surface area contributed by atoms with E-state index < -0.39 is 6.10 Å². The Morgan fingerprint density at radius 2 is 2.29 bits per heavy atom. The van der Waals surface area contributed by atoms with Crippen molar-refractivity contribution in [2.45, 2.75) is 32.0 Å². The third-order valence-electron chi connectivity index (χ3n) is 2.89. The highest BCUT2D eigenvalue weighted by Crippen LogP contribution is 2.23. The molecule has 0 bridgehead atoms. The minimum atomic E-state index is -0.601. The molecule has 0 radical (unpaired) electrons. The van der Waals surface area contributed by atoms with Gasteiger partial charge in [-0.2, -0.15) is 0 Å². The second-order valence-electron chi connectivity index (χ2n) is 4.25. The zero-order chi connectivity index (χ0) is 12.3. The molecule has 4 nitrogen and oxygen atoms in total. The summed E-state index contributed by atoms with van der Waals surface area (Å²) in [5, 5.41) is 12.4. The first-order valence-corrected chi connectivity index (χ1v) is 5.88. The molecule has 0 spiro atoms. The summed E-state index contributed by atoms with van der Waals surface area (Å²) >= 11 is 0. The molecule has 1 fully saturated rings. The Morgan fingerprint density at radius 1 is 1.53 bits per heavy atom. The number of amides is 1. The van der Waals surface area contributed by atoms with E-state index in [0.717, 1.165) is 18.4 Å². The summed E-state index contributed by atoms with van der Waals surface area (Å²) in [6.07, 6.45) is 0.742. The molecule has 1 aromatic carbocycles. The summed E-state index contributed by atoms with van der Waals surface area (Å²) in [6, 6.07) is 7.26. The first kappa shape index (κ1) is 12.1. The van der Waals surface area contributed by atoms with Crippen LogP contribution in [-0.4, -0.2) is 23.7 Å². The highest BCUT2D eigenvalue weighted by atomic mass is 16.5. The summed E-state index contributed by atoms with van der Waals surface area (Å²) in [4.78, 5) is 11.9. The second-order valence-corrected chi connectivity index (χ2v) is 4.25. The number of carbonyl (C=O) groups excluding carboxylic acids is 1. The zero-order valence-corrected chi connectivity index (χ0v) is 9.85. The Bertz CT molecular complexity index is 397. The predicted molar refractivity (Wildman–Crippen MR) is 64.7 cm³/mol. The molecule has 1 aliphatic rings. The van der Waals surface area contributed by atoms with E-state index in [1.54, 1.807) is 19.1 Å². The van der Waals surface area contributed by atoms with Gasteiger partial charge in [-0.15, -0.1) is 0 Å². The van der Waals surface area contributed by atoms with Gasteiger partial charge in [-0.3, -0.25) is 4.79 Å². The molecule has 1 amide bonds. The van der Waals surface area contributed by atoms with Gasteiger partial charge < -0.3 is 15.2 Å². The smallest absolute Gasteiger partial charge is 0.253 e. The zero-order valence-electron chi connectivity index (χ0n) is 9.85. The molecule has 0 aliphatic carbocycles. The maximum atomic E-state index is 11.9. The lowest BCUT2D eigenvalue weighted by Gasteiger charge is -2.15. The standard InChI is InChI=1S/C13H17NO3/c1-9(15)10-5-2-3-6-11(10)14-13(16)12-7-4-8-17-12/h2-3,5-6,9,12,15H,4,7-8H2,1H3,(H,14,16). The van der Waals surface area contributed by atoms with Gasteiger partial charge in [0, 0.05) is 17.9 Å². The van der Waals surface area contributed by atoms with Gasteiger partial charge in [-0.25, -0.2) is 0 Å². The number of anilines is 1. The summed E-state index contributed by atoms with van der Waals surface area (Å²) < 4.78 is 5.31. The number of hydrogen-bond donors (Lipinski definition) is 2. The number of benzene rings is 1. The number of carbonyl (C=O) groups is 1. The van der Waals surface area contributed by atoms with Crippen LogP contribution in [0.5, 0.6) is 0 Å². The van der Waals surface area contributed by atoms with Gasteiger partial charge in [0.25, 0.3) is 5.91 Å². The normalized spacial score (nSPS) is 21.2. The van der Waals surface area contributed by atoms with Crippen molar-refractivity contribution in [1.29, 1.82) is 0 Å². The largest absolute Gasteiger partial charge is 0.389 e. The average molecular weight is 235 g/mol. The molecule has 0 saturated carbocycles. The van der Waals surface area contributed by atoms with E-state index in [0.29, 0.717) is 12.3 Å². The molecular formula is C13H17NO3. The van der Waals surface area contributed by atoms with Crippen LogP contribution >= 0.6 is 0 Å². The third-order valence-corrected chi connectivity index (χ3v) is 2.89. The Kier molecular flexibility index (Phi) is 3.76. The molecule has 1 aliphatic heterocycles. The molecular weight excluding hydrogens is 218 g/mol. The first-order valence-electron chi connectivity index (χ1n) is 5.88. The number of ether oxygens (including phenoxy) is 1. The highest BCUT2D eigenvalue weighted by molar-refractivity contribution is 5.95. The fraction of sp³-hybridized carbons (Fsp3) is 0.462. The average Bonchev–Trinajstić information content (AvgIpc) is 2.83. The van der Waals surface area contributed by atoms with E-state index >= 15 is 0 Å². The van der Waals surface area contributed by atoms with Crippen molar-refractivity contribution in [1.82, 2.24) is 0 Å². The van der Waals surface area contributed by atoms with E-state index in [1.165, 1.54) is 0 Å². The van der Waals surface area contributed by atoms with Crippen LogP contribution in [0.1, 0.15) is 31.4 Å². The minimum absolute atomic E-state index is 0.129. The maximum Gasteiger partial charge on any atom is 0.253 e. The molecule has 2 atom stereocenters. The molecule has 1 saturated heterocycles. The van der Waals surface area contributed by atoms with Gasteiger partial charge >= 0.3 is 0 Å². The summed E-state index contributed by atoms with van der Waals surface area (Å²) in [6.45, 7) is 2.33. The lowest BCUT2D eigenvalue weighted by molar-refractivity contribution is -0.124.